The Morgan fingerprint density at radius 1 is 0.760 bits per heavy atom. The number of nitrogens with one attached hydrogen (secondary N) is 1. The first-order chi connectivity index (χ1) is 12.0. The van der Waals surface area contributed by atoms with Crippen molar-refractivity contribution in [2.24, 2.45) is 0 Å². The second kappa shape index (κ2) is 7.58. The smallest absolute Gasteiger partial charge is 0.207 e. The Labute approximate surface area is 157 Å². The molecule has 0 heterocycles. The molecule has 0 saturated heterocycles. The van der Waals surface area contributed by atoms with Crippen LogP contribution in [0.5, 0.6) is 0 Å². The van der Waals surface area contributed by atoms with Crippen LogP contribution in [0.3, 0.4) is 0 Å². The third-order valence-corrected chi connectivity index (χ3v) is 5.86. The van der Waals surface area contributed by atoms with Gasteiger partial charge in [-0.2, -0.15) is 4.72 Å². The molecule has 3 rings (SSSR count). The molecule has 25 heavy (non-hydrogen) atoms. The van der Waals surface area contributed by atoms with Gasteiger partial charge in [-0.25, -0.2) is 8.42 Å². The fraction of sp³-hybridized carbons (Fsp3) is 0.0526. The van der Waals surface area contributed by atoms with Crippen molar-refractivity contribution in [2.75, 3.05) is 0 Å². The van der Waals surface area contributed by atoms with E-state index in [-0.39, 0.29) is 9.92 Å². The van der Waals surface area contributed by atoms with Gasteiger partial charge in [0.25, 0.3) is 0 Å². The lowest BCUT2D eigenvalue weighted by molar-refractivity contribution is 0.572. The number of benzene rings is 3. The Bertz CT molecular complexity index is 922. The average molecular weight is 392 g/mol. The topological polar surface area (TPSA) is 46.2 Å². The molecule has 0 atom stereocenters. The highest BCUT2D eigenvalue weighted by Gasteiger charge is 2.24. The van der Waals surface area contributed by atoms with E-state index in [0.717, 1.165) is 11.1 Å². The van der Waals surface area contributed by atoms with Crippen LogP contribution < -0.4 is 4.72 Å². The van der Waals surface area contributed by atoms with Gasteiger partial charge in [-0.15, -0.1) is 0 Å². The third kappa shape index (κ3) is 4.22. The number of hydrogen-bond acceptors (Lipinski definition) is 2. The van der Waals surface area contributed by atoms with Crippen LogP contribution in [0.1, 0.15) is 17.2 Å². The standard InChI is InChI=1S/C19H15Cl2NO2S/c20-16-11-12-18(17(21)13-16)25(23,24)22-19(14-7-3-1-4-8-14)15-9-5-2-6-10-15/h1-13,19,22H. The van der Waals surface area contributed by atoms with E-state index in [4.69, 9.17) is 23.2 Å². The Hall–Kier alpha value is -1.85. The summed E-state index contributed by atoms with van der Waals surface area (Å²) in [6, 6.07) is 22.6. The monoisotopic (exact) mass is 391 g/mol. The Morgan fingerprint density at radius 3 is 1.76 bits per heavy atom. The first-order valence-corrected chi connectivity index (χ1v) is 9.78. The Balaban J connectivity index is 2.03. The van der Waals surface area contributed by atoms with Gasteiger partial charge in [-0.05, 0) is 29.3 Å². The molecule has 0 radical (unpaired) electrons. The lowest BCUT2D eigenvalue weighted by Crippen LogP contribution is -2.29. The van der Waals surface area contributed by atoms with E-state index in [1.54, 1.807) is 0 Å². The van der Waals surface area contributed by atoms with Crippen molar-refractivity contribution in [3.8, 4) is 0 Å². The maximum Gasteiger partial charge on any atom is 0.242 e. The van der Waals surface area contributed by atoms with Gasteiger partial charge in [0.1, 0.15) is 4.90 Å². The molecule has 3 aromatic carbocycles. The lowest BCUT2D eigenvalue weighted by atomic mass is 10.00. The summed E-state index contributed by atoms with van der Waals surface area (Å²) in [5.74, 6) is 0. The van der Waals surface area contributed by atoms with Crippen LogP contribution in [0.15, 0.2) is 83.8 Å². The molecule has 1 N–H and O–H groups in total. The summed E-state index contributed by atoms with van der Waals surface area (Å²) < 4.78 is 28.5. The molecule has 3 aromatic rings. The van der Waals surface area contributed by atoms with Crippen molar-refractivity contribution in [3.05, 3.63) is 100 Å². The normalized spacial score (nSPS) is 11.6. The van der Waals surface area contributed by atoms with Crippen molar-refractivity contribution in [1.82, 2.24) is 4.72 Å². The predicted octanol–water partition coefficient (Wildman–Crippen LogP) is 5.06. The van der Waals surface area contributed by atoms with Gasteiger partial charge in [0.05, 0.1) is 11.1 Å². The molecule has 0 aliphatic carbocycles. The quantitative estimate of drug-likeness (QED) is 0.660. The number of sulfonamides is 1. The van der Waals surface area contributed by atoms with Gasteiger partial charge in [-0.3, -0.25) is 0 Å². The lowest BCUT2D eigenvalue weighted by Gasteiger charge is -2.20. The van der Waals surface area contributed by atoms with Crippen LogP contribution in [-0.2, 0) is 10.0 Å². The highest BCUT2D eigenvalue weighted by Crippen LogP contribution is 2.28. The van der Waals surface area contributed by atoms with Crippen LogP contribution in [0, 0.1) is 0 Å². The molecule has 128 valence electrons. The van der Waals surface area contributed by atoms with Gasteiger partial charge in [0.2, 0.25) is 10.0 Å². The fourth-order valence-corrected chi connectivity index (χ4v) is 4.52. The second-order valence-electron chi connectivity index (χ2n) is 5.45. The summed E-state index contributed by atoms with van der Waals surface area (Å²) in [5.41, 5.74) is 1.67. The molecule has 0 saturated carbocycles. The van der Waals surface area contributed by atoms with Gasteiger partial charge in [-0.1, -0.05) is 83.9 Å². The number of halogens is 2. The zero-order valence-corrected chi connectivity index (χ0v) is 15.4. The van der Waals surface area contributed by atoms with Crippen LogP contribution in [-0.4, -0.2) is 8.42 Å². The van der Waals surface area contributed by atoms with Crippen molar-refractivity contribution in [1.29, 1.82) is 0 Å². The molecule has 0 aliphatic rings. The van der Waals surface area contributed by atoms with E-state index in [2.05, 4.69) is 4.72 Å². The molecule has 0 aliphatic heterocycles. The summed E-state index contributed by atoms with van der Waals surface area (Å²) in [5, 5.41) is 0.464. The van der Waals surface area contributed by atoms with Crippen LogP contribution in [0.4, 0.5) is 0 Å². The van der Waals surface area contributed by atoms with Crippen LogP contribution in [0.25, 0.3) is 0 Å². The van der Waals surface area contributed by atoms with Crippen molar-refractivity contribution in [3.63, 3.8) is 0 Å². The van der Waals surface area contributed by atoms with E-state index >= 15 is 0 Å². The molecule has 0 bridgehead atoms. The molecule has 0 aromatic heterocycles. The SMILES string of the molecule is O=S(=O)(NC(c1ccccc1)c1ccccc1)c1ccc(Cl)cc1Cl. The minimum atomic E-state index is -3.84. The van der Waals surface area contributed by atoms with E-state index in [0.29, 0.717) is 5.02 Å². The summed E-state index contributed by atoms with van der Waals surface area (Å²) in [7, 11) is -3.84. The van der Waals surface area contributed by atoms with E-state index in [1.165, 1.54) is 18.2 Å². The molecule has 3 nitrogen and oxygen atoms in total. The summed E-state index contributed by atoms with van der Waals surface area (Å²) >= 11 is 12.0. The fourth-order valence-electron chi connectivity index (χ4n) is 2.53. The first kappa shape index (κ1) is 18.0. The molecule has 0 fully saturated rings. The average Bonchev–Trinajstić information content (AvgIpc) is 2.61. The molecule has 6 heteroatoms. The van der Waals surface area contributed by atoms with Gasteiger partial charge in [0.15, 0.2) is 0 Å². The molecule has 0 unspecified atom stereocenters. The minimum absolute atomic E-state index is 0.00423. The van der Waals surface area contributed by atoms with Gasteiger partial charge in [0, 0.05) is 5.02 Å². The number of rotatable bonds is 5. The highest BCUT2D eigenvalue weighted by molar-refractivity contribution is 7.89. The van der Waals surface area contributed by atoms with Gasteiger partial charge >= 0.3 is 0 Å². The Morgan fingerprint density at radius 2 is 1.28 bits per heavy atom. The predicted molar refractivity (Wildman–Crippen MR) is 102 cm³/mol. The zero-order valence-electron chi connectivity index (χ0n) is 13.1. The maximum absolute atomic E-state index is 12.9. The van der Waals surface area contributed by atoms with Crippen molar-refractivity contribution < 1.29 is 8.42 Å². The molecule has 0 amide bonds. The largest absolute Gasteiger partial charge is 0.242 e. The summed E-state index contributed by atoms with van der Waals surface area (Å²) in [4.78, 5) is -0.00423. The Kier molecular flexibility index (Phi) is 5.45. The van der Waals surface area contributed by atoms with E-state index in [9.17, 15) is 8.42 Å². The number of hydrogen-bond donors (Lipinski definition) is 1. The minimum Gasteiger partial charge on any atom is -0.207 e. The molecular weight excluding hydrogens is 377 g/mol. The second-order valence-corrected chi connectivity index (χ2v) is 7.98. The maximum atomic E-state index is 12.9. The molecule has 0 spiro atoms. The molecular formula is C19H15Cl2NO2S. The van der Waals surface area contributed by atoms with Gasteiger partial charge < -0.3 is 0 Å². The van der Waals surface area contributed by atoms with Crippen LogP contribution in [0.2, 0.25) is 10.0 Å². The third-order valence-electron chi connectivity index (χ3n) is 3.72. The zero-order chi connectivity index (χ0) is 17.9. The van der Waals surface area contributed by atoms with Crippen molar-refractivity contribution in [2.45, 2.75) is 10.9 Å². The van der Waals surface area contributed by atoms with Crippen LogP contribution >= 0.6 is 23.2 Å². The van der Waals surface area contributed by atoms with Crippen molar-refractivity contribution >= 4 is 33.2 Å². The van der Waals surface area contributed by atoms with E-state index < -0.39 is 16.1 Å². The first-order valence-electron chi connectivity index (χ1n) is 7.54. The summed E-state index contributed by atoms with van der Waals surface area (Å²) in [6.45, 7) is 0. The van der Waals surface area contributed by atoms with E-state index in [1.807, 2.05) is 60.7 Å². The highest BCUT2D eigenvalue weighted by atomic mass is 35.5. The summed E-state index contributed by atoms with van der Waals surface area (Å²) in [6.07, 6.45) is 0.